The highest BCUT2D eigenvalue weighted by molar-refractivity contribution is 5.62. The molecule has 2 rings (SSSR count). The number of allylic oxidation sites excluding steroid dienone is 1. The first-order valence-corrected chi connectivity index (χ1v) is 7.24. The molecule has 0 fully saturated rings. The molecule has 0 atom stereocenters. The summed E-state index contributed by atoms with van der Waals surface area (Å²) in [5, 5.41) is 28.1. The quantitative estimate of drug-likeness (QED) is 0.331. The average molecular weight is 335 g/mol. The van der Waals surface area contributed by atoms with Gasteiger partial charge in [-0.3, -0.25) is 10.1 Å². The fourth-order valence-corrected chi connectivity index (χ4v) is 1.93. The summed E-state index contributed by atoms with van der Waals surface area (Å²) in [4.78, 5) is 10.1. The van der Waals surface area contributed by atoms with E-state index in [9.17, 15) is 10.1 Å². The van der Waals surface area contributed by atoms with Crippen LogP contribution < -0.4 is 9.47 Å². The summed E-state index contributed by atoms with van der Waals surface area (Å²) in [5.74, 6) is 1.09. The third-order valence-corrected chi connectivity index (χ3v) is 3.08. The van der Waals surface area contributed by atoms with Crippen LogP contribution in [0.5, 0.6) is 11.5 Å². The van der Waals surface area contributed by atoms with E-state index in [1.54, 1.807) is 36.4 Å². The highest BCUT2D eigenvalue weighted by Gasteiger charge is 2.04. The summed E-state index contributed by atoms with van der Waals surface area (Å²) in [7, 11) is 0. The minimum absolute atomic E-state index is 0.00239. The van der Waals surface area contributed by atoms with Gasteiger partial charge in [-0.2, -0.15) is 10.5 Å². The zero-order chi connectivity index (χ0) is 18.1. The van der Waals surface area contributed by atoms with Gasteiger partial charge in [-0.25, -0.2) is 0 Å². The smallest absolute Gasteiger partial charge is 0.269 e. The van der Waals surface area contributed by atoms with Gasteiger partial charge in [0.25, 0.3) is 5.69 Å². The van der Waals surface area contributed by atoms with E-state index >= 15 is 0 Å². The van der Waals surface area contributed by atoms with E-state index in [-0.39, 0.29) is 24.5 Å². The molecule has 124 valence electrons. The van der Waals surface area contributed by atoms with Gasteiger partial charge in [0.05, 0.1) is 4.92 Å². The van der Waals surface area contributed by atoms with E-state index in [0.717, 1.165) is 0 Å². The maximum absolute atomic E-state index is 10.6. The third kappa shape index (κ3) is 5.38. The second-order valence-electron chi connectivity index (χ2n) is 4.80. The number of ether oxygens (including phenoxy) is 2. The van der Waals surface area contributed by atoms with E-state index < -0.39 is 4.92 Å². The van der Waals surface area contributed by atoms with Crippen molar-refractivity contribution in [2.24, 2.45) is 0 Å². The van der Waals surface area contributed by atoms with Gasteiger partial charge in [-0.05, 0) is 35.9 Å². The maximum Gasteiger partial charge on any atom is 0.269 e. The normalized spacial score (nSPS) is 9.36. The Labute approximate surface area is 144 Å². The molecule has 0 radical (unpaired) electrons. The van der Waals surface area contributed by atoms with Crippen molar-refractivity contribution in [1.29, 1.82) is 10.5 Å². The molecule has 0 aliphatic carbocycles. The standard InChI is InChI=1S/C18H13N3O4/c19-12-15(13-20)10-14-2-1-3-18(11-14)25-9-8-24-17-6-4-16(5-7-17)21(22)23/h1-7,10-11H,8-9H2. The Bertz CT molecular complexity index is 845. The van der Waals surface area contributed by atoms with Crippen molar-refractivity contribution in [3.8, 4) is 23.6 Å². The molecular weight excluding hydrogens is 322 g/mol. The second kappa shape index (κ2) is 8.70. The molecular formula is C18H13N3O4. The second-order valence-corrected chi connectivity index (χ2v) is 4.80. The molecule has 7 nitrogen and oxygen atoms in total. The summed E-state index contributed by atoms with van der Waals surface area (Å²) < 4.78 is 11.0. The van der Waals surface area contributed by atoms with E-state index in [2.05, 4.69) is 0 Å². The van der Waals surface area contributed by atoms with E-state index in [1.807, 2.05) is 0 Å². The van der Waals surface area contributed by atoms with Crippen LogP contribution in [0.4, 0.5) is 5.69 Å². The predicted octanol–water partition coefficient (Wildman–Crippen LogP) is 3.48. The summed E-state index contributed by atoms with van der Waals surface area (Å²) in [5.41, 5.74) is 0.702. The molecule has 0 aliphatic heterocycles. The van der Waals surface area contributed by atoms with Crippen molar-refractivity contribution in [3.63, 3.8) is 0 Å². The molecule has 2 aromatic carbocycles. The minimum Gasteiger partial charge on any atom is -0.490 e. The fraction of sp³-hybridized carbons (Fsp3) is 0.111. The predicted molar refractivity (Wildman–Crippen MR) is 89.7 cm³/mol. The fourth-order valence-electron chi connectivity index (χ4n) is 1.93. The zero-order valence-corrected chi connectivity index (χ0v) is 13.1. The van der Waals surface area contributed by atoms with Gasteiger partial charge < -0.3 is 9.47 Å². The molecule has 7 heteroatoms. The SMILES string of the molecule is N#CC(C#N)=Cc1cccc(OCCOc2ccc([N+](=O)[O-])cc2)c1. The first-order valence-electron chi connectivity index (χ1n) is 7.24. The van der Waals surface area contributed by atoms with Crippen LogP contribution in [0.1, 0.15) is 5.56 Å². The van der Waals surface area contributed by atoms with Crippen LogP contribution in [0.25, 0.3) is 6.08 Å². The number of hydrogen-bond acceptors (Lipinski definition) is 6. The number of nitro groups is 1. The summed E-state index contributed by atoms with van der Waals surface area (Å²) in [6.07, 6.45) is 1.47. The van der Waals surface area contributed by atoms with Crippen LogP contribution in [0.3, 0.4) is 0 Å². The minimum atomic E-state index is -0.474. The Morgan fingerprint density at radius 3 is 2.28 bits per heavy atom. The highest BCUT2D eigenvalue weighted by atomic mass is 16.6. The van der Waals surface area contributed by atoms with Crippen molar-refractivity contribution in [2.75, 3.05) is 13.2 Å². The monoisotopic (exact) mass is 335 g/mol. The molecule has 25 heavy (non-hydrogen) atoms. The van der Waals surface area contributed by atoms with Crippen molar-refractivity contribution >= 4 is 11.8 Å². The van der Waals surface area contributed by atoms with Gasteiger partial charge in [-0.15, -0.1) is 0 Å². The van der Waals surface area contributed by atoms with Crippen LogP contribution in [0.2, 0.25) is 0 Å². The summed E-state index contributed by atoms with van der Waals surface area (Å²) in [6, 6.07) is 16.4. The van der Waals surface area contributed by atoms with Crippen molar-refractivity contribution < 1.29 is 14.4 Å². The maximum atomic E-state index is 10.6. The summed E-state index contributed by atoms with van der Waals surface area (Å²) >= 11 is 0. The van der Waals surface area contributed by atoms with Crippen molar-refractivity contribution in [3.05, 3.63) is 69.8 Å². The molecule has 0 N–H and O–H groups in total. The molecule has 0 spiro atoms. The Balaban J connectivity index is 1.86. The number of nitro benzene ring substituents is 1. The average Bonchev–Trinajstić information content (AvgIpc) is 2.64. The molecule has 0 heterocycles. The molecule has 0 saturated heterocycles. The molecule has 2 aromatic rings. The largest absolute Gasteiger partial charge is 0.490 e. The van der Waals surface area contributed by atoms with E-state index in [1.165, 1.54) is 30.3 Å². The Hall–Kier alpha value is -3.84. The number of rotatable bonds is 7. The molecule has 0 unspecified atom stereocenters. The van der Waals surface area contributed by atoms with Gasteiger partial charge in [-0.1, -0.05) is 12.1 Å². The van der Waals surface area contributed by atoms with Crippen LogP contribution in [-0.4, -0.2) is 18.1 Å². The first-order chi connectivity index (χ1) is 12.1. The third-order valence-electron chi connectivity index (χ3n) is 3.08. The van der Waals surface area contributed by atoms with Crippen LogP contribution >= 0.6 is 0 Å². The molecule has 0 aliphatic rings. The van der Waals surface area contributed by atoms with Crippen LogP contribution in [0, 0.1) is 32.8 Å². The number of hydrogen-bond donors (Lipinski definition) is 0. The Morgan fingerprint density at radius 1 is 1.04 bits per heavy atom. The molecule has 0 amide bonds. The molecule has 0 bridgehead atoms. The first kappa shape index (κ1) is 17.5. The van der Waals surface area contributed by atoms with Gasteiger partial charge in [0, 0.05) is 12.1 Å². The van der Waals surface area contributed by atoms with Gasteiger partial charge >= 0.3 is 0 Å². The van der Waals surface area contributed by atoms with Gasteiger partial charge in [0.1, 0.15) is 42.4 Å². The Morgan fingerprint density at radius 2 is 1.68 bits per heavy atom. The summed E-state index contributed by atoms with van der Waals surface area (Å²) in [6.45, 7) is 0.535. The lowest BCUT2D eigenvalue weighted by atomic mass is 10.1. The van der Waals surface area contributed by atoms with Crippen molar-refractivity contribution in [1.82, 2.24) is 0 Å². The van der Waals surface area contributed by atoms with Crippen molar-refractivity contribution in [2.45, 2.75) is 0 Å². The lowest BCUT2D eigenvalue weighted by Crippen LogP contribution is -2.09. The van der Waals surface area contributed by atoms with E-state index in [4.69, 9.17) is 20.0 Å². The number of nitrogens with zero attached hydrogens (tertiary/aromatic N) is 3. The van der Waals surface area contributed by atoms with Crippen LogP contribution in [0.15, 0.2) is 54.1 Å². The van der Waals surface area contributed by atoms with Gasteiger partial charge in [0.2, 0.25) is 0 Å². The lowest BCUT2D eigenvalue weighted by Gasteiger charge is -2.08. The van der Waals surface area contributed by atoms with E-state index in [0.29, 0.717) is 17.1 Å². The molecule has 0 saturated carbocycles. The molecule has 0 aromatic heterocycles. The number of nitriles is 2. The number of benzene rings is 2. The highest BCUT2D eigenvalue weighted by Crippen LogP contribution is 2.18. The topological polar surface area (TPSA) is 109 Å². The number of non-ortho nitro benzene ring substituents is 1. The Kier molecular flexibility index (Phi) is 6.10. The van der Waals surface area contributed by atoms with Gasteiger partial charge in [0.15, 0.2) is 0 Å². The van der Waals surface area contributed by atoms with Crippen LogP contribution in [-0.2, 0) is 0 Å². The lowest BCUT2D eigenvalue weighted by molar-refractivity contribution is -0.384. The zero-order valence-electron chi connectivity index (χ0n) is 13.1.